The van der Waals surface area contributed by atoms with E-state index >= 15 is 0 Å². The minimum absolute atomic E-state index is 1.10. The minimum Gasteiger partial charge on any atom is -0.100 e. The maximum atomic E-state index is 3.92. The second-order valence-corrected chi connectivity index (χ2v) is 4.59. The fourth-order valence-corrected chi connectivity index (χ4v) is 1.42. The van der Waals surface area contributed by atoms with Crippen LogP contribution in [0.3, 0.4) is 0 Å². The molecule has 0 amide bonds. The molecule has 0 radical (unpaired) electrons. The summed E-state index contributed by atoms with van der Waals surface area (Å²) >= 11 is 0. The van der Waals surface area contributed by atoms with Gasteiger partial charge in [-0.2, -0.15) is 0 Å². The van der Waals surface area contributed by atoms with Crippen molar-refractivity contribution in [3.63, 3.8) is 0 Å². The van der Waals surface area contributed by atoms with Gasteiger partial charge in [0, 0.05) is 0 Å². The first-order valence-corrected chi connectivity index (χ1v) is 6.21. The quantitative estimate of drug-likeness (QED) is 0.609. The summed E-state index contributed by atoms with van der Waals surface area (Å²) in [5.74, 6) is 0. The zero-order valence-corrected chi connectivity index (χ0v) is 11.6. The van der Waals surface area contributed by atoms with Gasteiger partial charge in [-0.05, 0) is 44.7 Å². The van der Waals surface area contributed by atoms with E-state index < -0.39 is 0 Å². The first-order valence-electron chi connectivity index (χ1n) is 6.21. The van der Waals surface area contributed by atoms with Crippen LogP contribution in [0.4, 0.5) is 0 Å². The molecule has 0 atom stereocenters. The van der Waals surface area contributed by atoms with Gasteiger partial charge in [0.1, 0.15) is 0 Å². The van der Waals surface area contributed by atoms with Crippen molar-refractivity contribution in [1.29, 1.82) is 0 Å². The minimum atomic E-state index is 1.10. The number of benzene rings is 1. The van der Waals surface area contributed by atoms with Crippen molar-refractivity contribution in [3.05, 3.63) is 47.0 Å². The molecule has 1 aromatic rings. The third kappa shape index (κ3) is 6.44. The summed E-state index contributed by atoms with van der Waals surface area (Å²) in [6, 6.07) is 6.64. The van der Waals surface area contributed by atoms with E-state index in [0.29, 0.717) is 0 Å². The van der Waals surface area contributed by atoms with Crippen LogP contribution in [-0.4, -0.2) is 0 Å². The number of hydrogen-bond acceptors (Lipinski definition) is 0. The van der Waals surface area contributed by atoms with Crippen LogP contribution in [-0.2, 0) is 6.42 Å². The van der Waals surface area contributed by atoms with Gasteiger partial charge >= 0.3 is 0 Å². The van der Waals surface area contributed by atoms with Crippen molar-refractivity contribution in [1.82, 2.24) is 0 Å². The summed E-state index contributed by atoms with van der Waals surface area (Å²) < 4.78 is 0. The molecular weight excluding hydrogens is 192 g/mol. The maximum Gasteiger partial charge on any atom is -0.0239 e. The van der Waals surface area contributed by atoms with E-state index in [9.17, 15) is 0 Å². The Morgan fingerprint density at radius 3 is 2.25 bits per heavy atom. The molecule has 0 nitrogen and oxygen atoms in total. The van der Waals surface area contributed by atoms with Crippen molar-refractivity contribution >= 4 is 0 Å². The van der Waals surface area contributed by atoms with Crippen LogP contribution in [0, 0.1) is 13.8 Å². The predicted molar refractivity (Wildman–Crippen MR) is 75.0 cm³/mol. The van der Waals surface area contributed by atoms with Gasteiger partial charge in [0.25, 0.3) is 0 Å². The van der Waals surface area contributed by atoms with Crippen LogP contribution in [0.15, 0.2) is 30.4 Å². The lowest BCUT2D eigenvalue weighted by Crippen LogP contribution is -1.91. The Morgan fingerprint density at radius 1 is 1.19 bits per heavy atom. The van der Waals surface area contributed by atoms with Crippen molar-refractivity contribution in [3.8, 4) is 0 Å². The highest BCUT2D eigenvalue weighted by molar-refractivity contribution is 5.30. The first kappa shape index (κ1) is 15.0. The molecule has 1 aromatic carbocycles. The van der Waals surface area contributed by atoms with Crippen molar-refractivity contribution in [2.24, 2.45) is 0 Å². The molecule has 0 aliphatic heterocycles. The molecule has 90 valence electrons. The van der Waals surface area contributed by atoms with Crippen molar-refractivity contribution in [2.45, 2.75) is 53.9 Å². The molecule has 0 spiro atoms. The molecule has 0 N–H and O–H groups in total. The molecule has 0 saturated heterocycles. The molecule has 0 aromatic heterocycles. The molecule has 16 heavy (non-hydrogen) atoms. The molecule has 0 fully saturated rings. The molecule has 1 rings (SSSR count). The van der Waals surface area contributed by atoms with E-state index in [2.05, 4.69) is 59.4 Å². The number of allylic oxidation sites excluding steroid dienone is 1. The average Bonchev–Trinajstić information content (AvgIpc) is 2.20. The largest absolute Gasteiger partial charge is 0.100 e. The maximum absolute atomic E-state index is 3.92. The van der Waals surface area contributed by atoms with E-state index in [1.165, 1.54) is 28.7 Å². The lowest BCUT2D eigenvalue weighted by Gasteiger charge is -2.06. The van der Waals surface area contributed by atoms with Gasteiger partial charge in [-0.15, -0.1) is 6.58 Å². The fraction of sp³-hybridized carbons (Fsp3) is 0.500. The molecule has 0 unspecified atom stereocenters. The average molecular weight is 218 g/mol. The highest BCUT2D eigenvalue weighted by atomic mass is 14.0. The van der Waals surface area contributed by atoms with E-state index in [1.807, 2.05) is 0 Å². The number of rotatable bonds is 3. The summed E-state index contributed by atoms with van der Waals surface area (Å²) in [5.41, 5.74) is 5.47. The summed E-state index contributed by atoms with van der Waals surface area (Å²) in [5, 5.41) is 0. The monoisotopic (exact) mass is 218 g/mol. The van der Waals surface area contributed by atoms with E-state index in [-0.39, 0.29) is 0 Å². The van der Waals surface area contributed by atoms with Gasteiger partial charge in [-0.1, -0.05) is 49.6 Å². The smallest absolute Gasteiger partial charge is 0.0239 e. The molecule has 0 bridgehead atoms. The third-order valence-corrected chi connectivity index (χ3v) is 2.33. The van der Waals surface area contributed by atoms with Crippen molar-refractivity contribution < 1.29 is 0 Å². The van der Waals surface area contributed by atoms with Gasteiger partial charge in [0.2, 0.25) is 0 Å². The third-order valence-electron chi connectivity index (χ3n) is 2.33. The summed E-state index contributed by atoms with van der Waals surface area (Å²) in [6.45, 7) is 14.6. The fourth-order valence-electron chi connectivity index (χ4n) is 1.42. The molecule has 0 saturated carbocycles. The summed E-state index contributed by atoms with van der Waals surface area (Å²) in [7, 11) is 0. The van der Waals surface area contributed by atoms with Crippen LogP contribution in [0.2, 0.25) is 0 Å². The van der Waals surface area contributed by atoms with Gasteiger partial charge < -0.3 is 0 Å². The van der Waals surface area contributed by atoms with Gasteiger partial charge in [0.05, 0.1) is 0 Å². The van der Waals surface area contributed by atoms with Crippen LogP contribution < -0.4 is 0 Å². The van der Waals surface area contributed by atoms with Crippen LogP contribution in [0.5, 0.6) is 0 Å². The zero-order valence-electron chi connectivity index (χ0n) is 11.6. The lowest BCUT2D eigenvalue weighted by molar-refractivity contribution is 0.934. The van der Waals surface area contributed by atoms with Gasteiger partial charge in [-0.3, -0.25) is 0 Å². The Bertz CT molecular complexity index is 321. The molecular formula is C16H26. The Balaban J connectivity index is 0.000000673. The molecule has 0 aliphatic rings. The first-order chi connectivity index (χ1) is 7.51. The SMILES string of the molecule is C=C(C)CCc1cc(C)ccc1C.CCC. The van der Waals surface area contributed by atoms with E-state index in [1.54, 1.807) is 0 Å². The number of aryl methyl sites for hydroxylation is 3. The Kier molecular flexibility index (Phi) is 7.62. The predicted octanol–water partition coefficient (Wildman–Crippen LogP) is 5.23. The van der Waals surface area contributed by atoms with Gasteiger partial charge in [-0.25, -0.2) is 0 Å². The summed E-state index contributed by atoms with van der Waals surface area (Å²) in [4.78, 5) is 0. The lowest BCUT2D eigenvalue weighted by atomic mass is 10.00. The highest BCUT2D eigenvalue weighted by Gasteiger charge is 1.98. The molecule has 0 aliphatic carbocycles. The highest BCUT2D eigenvalue weighted by Crippen LogP contribution is 2.14. The van der Waals surface area contributed by atoms with Gasteiger partial charge in [0.15, 0.2) is 0 Å². The van der Waals surface area contributed by atoms with E-state index in [0.717, 1.165) is 12.8 Å². The zero-order chi connectivity index (χ0) is 12.6. The summed E-state index contributed by atoms with van der Waals surface area (Å²) in [6.07, 6.45) is 3.48. The Hall–Kier alpha value is -1.04. The standard InChI is InChI=1S/C13H18.C3H8/c1-10(2)5-8-13-9-11(3)6-7-12(13)4;1-3-2/h6-7,9H,1,5,8H2,2-4H3;3H2,1-2H3. The normalized spacial score (nSPS) is 9.31. The number of hydrogen-bond donors (Lipinski definition) is 0. The van der Waals surface area contributed by atoms with E-state index in [4.69, 9.17) is 0 Å². The van der Waals surface area contributed by atoms with Crippen LogP contribution >= 0.6 is 0 Å². The topological polar surface area (TPSA) is 0 Å². The second-order valence-electron chi connectivity index (χ2n) is 4.59. The van der Waals surface area contributed by atoms with Crippen molar-refractivity contribution in [2.75, 3.05) is 0 Å². The molecule has 0 heterocycles. The Labute approximate surface area is 101 Å². The second kappa shape index (κ2) is 8.15. The van der Waals surface area contributed by atoms with Crippen LogP contribution in [0.25, 0.3) is 0 Å². The van der Waals surface area contributed by atoms with Crippen LogP contribution in [0.1, 0.15) is 50.3 Å². The molecule has 0 heteroatoms. The Morgan fingerprint density at radius 2 is 1.75 bits per heavy atom.